The molecule has 0 fully saturated rings. The minimum Gasteiger partial charge on any atom is -0.353 e. The lowest BCUT2D eigenvalue weighted by Crippen LogP contribution is -2.22. The number of benzene rings is 1. The number of allylic oxidation sites excluding steroid dienone is 1. The van der Waals surface area contributed by atoms with Gasteiger partial charge in [0.15, 0.2) is 0 Å². The first-order valence-corrected chi connectivity index (χ1v) is 12.1. The van der Waals surface area contributed by atoms with Crippen LogP contribution in [0.15, 0.2) is 36.4 Å². The third kappa shape index (κ3) is 8.73. The van der Waals surface area contributed by atoms with E-state index in [1.807, 2.05) is 6.92 Å². The van der Waals surface area contributed by atoms with Gasteiger partial charge < -0.3 is 9.88 Å². The first kappa shape index (κ1) is 24.2. The molecule has 0 saturated carbocycles. The number of aromatic nitrogens is 2. The quantitative estimate of drug-likeness (QED) is 0.250. The summed E-state index contributed by atoms with van der Waals surface area (Å²) in [7, 11) is 0. The number of hydrogen-bond donors (Lipinski definition) is 1. The lowest BCUT2D eigenvalue weighted by atomic mass is 10.1. The lowest BCUT2D eigenvalue weighted by molar-refractivity contribution is -0.116. The van der Waals surface area contributed by atoms with E-state index in [1.165, 1.54) is 69.7 Å². The molecule has 2 rings (SSSR count). The highest BCUT2D eigenvalue weighted by Crippen LogP contribution is 2.19. The fourth-order valence-electron chi connectivity index (χ4n) is 3.99. The Bertz CT molecular complexity index is 763. The highest BCUT2D eigenvalue weighted by atomic mass is 16.1. The number of unbranched alkanes of at least 4 members (excludes halogenated alkanes) is 9. The van der Waals surface area contributed by atoms with E-state index < -0.39 is 0 Å². The highest BCUT2D eigenvalue weighted by molar-refractivity contribution is 5.87. The molecule has 0 aliphatic carbocycles. The van der Waals surface area contributed by atoms with Crippen LogP contribution < -0.4 is 5.32 Å². The van der Waals surface area contributed by atoms with Crippen molar-refractivity contribution in [2.24, 2.45) is 0 Å². The van der Waals surface area contributed by atoms with Gasteiger partial charge in [0.1, 0.15) is 5.82 Å². The second kappa shape index (κ2) is 14.8. The van der Waals surface area contributed by atoms with Crippen LogP contribution in [0.3, 0.4) is 0 Å². The number of aryl methyl sites for hydroxylation is 2. The van der Waals surface area contributed by atoms with Gasteiger partial charge in [-0.25, -0.2) is 4.98 Å². The summed E-state index contributed by atoms with van der Waals surface area (Å²) >= 11 is 0. The Morgan fingerprint density at radius 2 is 1.63 bits per heavy atom. The molecule has 1 aromatic carbocycles. The lowest BCUT2D eigenvalue weighted by Gasteiger charge is -2.10. The molecule has 1 aromatic heterocycles. The van der Waals surface area contributed by atoms with Crippen molar-refractivity contribution >= 4 is 16.9 Å². The molecule has 0 unspecified atom stereocenters. The van der Waals surface area contributed by atoms with Gasteiger partial charge in [0, 0.05) is 19.5 Å². The number of para-hydroxylation sites is 2. The maximum Gasteiger partial charge on any atom is 0.243 e. The molecule has 4 heteroatoms. The van der Waals surface area contributed by atoms with Crippen LogP contribution in [0.25, 0.3) is 11.0 Å². The van der Waals surface area contributed by atoms with Crippen molar-refractivity contribution in [1.82, 2.24) is 14.9 Å². The van der Waals surface area contributed by atoms with Crippen molar-refractivity contribution in [3.05, 3.63) is 42.2 Å². The minimum atomic E-state index is -0.0173. The summed E-state index contributed by atoms with van der Waals surface area (Å²) in [6.07, 6.45) is 18.7. The number of rotatable bonds is 16. The summed E-state index contributed by atoms with van der Waals surface area (Å²) in [5.41, 5.74) is 2.32. The zero-order chi connectivity index (χ0) is 21.4. The average Bonchev–Trinajstić information content (AvgIpc) is 3.10. The Morgan fingerprint density at radius 3 is 2.33 bits per heavy atom. The van der Waals surface area contributed by atoms with E-state index in [1.54, 1.807) is 12.2 Å². The minimum absolute atomic E-state index is 0.0173. The fraction of sp³-hybridized carbons (Fsp3) is 0.615. The van der Waals surface area contributed by atoms with Gasteiger partial charge in [-0.15, -0.1) is 0 Å². The fourth-order valence-corrected chi connectivity index (χ4v) is 3.99. The van der Waals surface area contributed by atoms with Crippen molar-refractivity contribution < 1.29 is 4.79 Å². The Labute approximate surface area is 183 Å². The van der Waals surface area contributed by atoms with E-state index >= 15 is 0 Å². The summed E-state index contributed by atoms with van der Waals surface area (Å²) in [5, 5.41) is 2.93. The van der Waals surface area contributed by atoms with Crippen LogP contribution in [0.5, 0.6) is 0 Å². The predicted molar refractivity (Wildman–Crippen MR) is 128 cm³/mol. The largest absolute Gasteiger partial charge is 0.353 e. The molecule has 0 aliphatic heterocycles. The Hall–Kier alpha value is -2.10. The molecule has 0 atom stereocenters. The summed E-state index contributed by atoms with van der Waals surface area (Å²) < 4.78 is 2.40. The van der Waals surface area contributed by atoms with Crippen LogP contribution in [0.4, 0.5) is 0 Å². The van der Waals surface area contributed by atoms with E-state index in [4.69, 9.17) is 4.98 Å². The van der Waals surface area contributed by atoms with Crippen LogP contribution in [0.1, 0.15) is 90.3 Å². The van der Waals surface area contributed by atoms with Gasteiger partial charge in [-0.05, 0) is 38.0 Å². The van der Waals surface area contributed by atoms with Crippen molar-refractivity contribution in [2.45, 2.75) is 97.4 Å². The number of carbonyl (C=O) groups excluding carboxylic acids is 1. The van der Waals surface area contributed by atoms with Gasteiger partial charge in [0.25, 0.3) is 0 Å². The number of amides is 1. The topological polar surface area (TPSA) is 46.9 Å². The molecule has 1 N–H and O–H groups in total. The SMILES string of the molecule is C/C=C\C(=O)NCCCc1nc2ccccc2n1CCCCCCCCCCCC. The highest BCUT2D eigenvalue weighted by Gasteiger charge is 2.10. The van der Waals surface area contributed by atoms with Crippen LogP contribution >= 0.6 is 0 Å². The third-order valence-electron chi connectivity index (χ3n) is 5.66. The molecule has 0 aliphatic rings. The summed E-state index contributed by atoms with van der Waals surface area (Å²) in [4.78, 5) is 16.4. The average molecular weight is 412 g/mol. The van der Waals surface area contributed by atoms with Crippen LogP contribution in [-0.4, -0.2) is 22.0 Å². The van der Waals surface area contributed by atoms with Gasteiger partial charge in [0.05, 0.1) is 11.0 Å². The zero-order valence-electron chi connectivity index (χ0n) is 19.2. The second-order valence-corrected chi connectivity index (χ2v) is 8.24. The van der Waals surface area contributed by atoms with Crippen molar-refractivity contribution in [3.63, 3.8) is 0 Å². The number of fused-ring (bicyclic) bond motifs is 1. The monoisotopic (exact) mass is 411 g/mol. The van der Waals surface area contributed by atoms with E-state index in [0.717, 1.165) is 30.7 Å². The van der Waals surface area contributed by atoms with Crippen LogP contribution in [0.2, 0.25) is 0 Å². The Balaban J connectivity index is 1.75. The molecular weight excluding hydrogens is 370 g/mol. The molecule has 4 nitrogen and oxygen atoms in total. The normalized spacial score (nSPS) is 11.5. The van der Waals surface area contributed by atoms with Gasteiger partial charge >= 0.3 is 0 Å². The van der Waals surface area contributed by atoms with Crippen molar-refractivity contribution in [3.8, 4) is 0 Å². The smallest absolute Gasteiger partial charge is 0.243 e. The number of nitrogens with one attached hydrogen (secondary N) is 1. The Kier molecular flexibility index (Phi) is 11.9. The number of hydrogen-bond acceptors (Lipinski definition) is 2. The number of imidazole rings is 1. The molecule has 166 valence electrons. The molecule has 0 spiro atoms. The first-order chi connectivity index (χ1) is 14.8. The molecule has 1 heterocycles. The summed E-state index contributed by atoms with van der Waals surface area (Å²) in [6, 6.07) is 8.43. The van der Waals surface area contributed by atoms with E-state index in [0.29, 0.717) is 6.54 Å². The van der Waals surface area contributed by atoms with E-state index in [2.05, 4.69) is 41.1 Å². The van der Waals surface area contributed by atoms with Crippen LogP contribution in [0, 0.1) is 0 Å². The Morgan fingerprint density at radius 1 is 0.967 bits per heavy atom. The van der Waals surface area contributed by atoms with Crippen molar-refractivity contribution in [1.29, 1.82) is 0 Å². The molecule has 2 aromatic rings. The second-order valence-electron chi connectivity index (χ2n) is 8.24. The molecule has 0 radical (unpaired) electrons. The maximum absolute atomic E-state index is 11.6. The van der Waals surface area contributed by atoms with Gasteiger partial charge in [-0.2, -0.15) is 0 Å². The molecular formula is C26H41N3O. The summed E-state index contributed by atoms with van der Waals surface area (Å²) in [5.74, 6) is 1.13. The van der Waals surface area contributed by atoms with Crippen molar-refractivity contribution in [2.75, 3.05) is 6.54 Å². The van der Waals surface area contributed by atoms with Gasteiger partial charge in [0.2, 0.25) is 5.91 Å². The standard InChI is InChI=1S/C26H41N3O/c1-3-5-6-7-8-9-10-11-12-15-22-29-24-19-14-13-18-23(24)28-25(29)20-16-21-27-26(30)17-4-2/h4,13-14,17-19H,3,5-12,15-16,20-22H2,1-2H3,(H,27,30)/b17-4-. The summed E-state index contributed by atoms with van der Waals surface area (Å²) in [6.45, 7) is 5.86. The van der Waals surface area contributed by atoms with E-state index in [-0.39, 0.29) is 5.91 Å². The van der Waals surface area contributed by atoms with E-state index in [9.17, 15) is 4.79 Å². The first-order valence-electron chi connectivity index (χ1n) is 12.1. The predicted octanol–water partition coefficient (Wildman–Crippen LogP) is 6.58. The molecule has 0 saturated heterocycles. The van der Waals surface area contributed by atoms with Gasteiger partial charge in [-0.3, -0.25) is 4.79 Å². The number of carbonyl (C=O) groups is 1. The molecule has 1 amide bonds. The molecule has 30 heavy (non-hydrogen) atoms. The maximum atomic E-state index is 11.6. The third-order valence-corrected chi connectivity index (χ3v) is 5.66. The van der Waals surface area contributed by atoms with Crippen LogP contribution in [-0.2, 0) is 17.8 Å². The zero-order valence-corrected chi connectivity index (χ0v) is 19.2. The molecule has 0 bridgehead atoms. The number of nitrogens with zero attached hydrogens (tertiary/aromatic N) is 2. The van der Waals surface area contributed by atoms with Gasteiger partial charge in [-0.1, -0.05) is 82.9 Å².